The number of hydrogen-bond acceptors (Lipinski definition) is 2. The van der Waals surface area contributed by atoms with Crippen molar-refractivity contribution in [2.24, 2.45) is 17.8 Å². The van der Waals surface area contributed by atoms with E-state index < -0.39 is 0 Å². The first-order valence-corrected chi connectivity index (χ1v) is 7.01. The van der Waals surface area contributed by atoms with Crippen molar-refractivity contribution in [3.63, 3.8) is 0 Å². The van der Waals surface area contributed by atoms with Crippen molar-refractivity contribution >= 4 is 11.6 Å². The molecule has 3 N–H and O–H groups in total. The Morgan fingerprint density at radius 3 is 2.11 bits per heavy atom. The fraction of sp³-hybridized carbons (Fsp3) is 0.562. The van der Waals surface area contributed by atoms with Crippen LogP contribution in [0.3, 0.4) is 0 Å². The molecule has 0 aliphatic heterocycles. The number of benzene rings is 1. The molecular formula is C16H26N2O. The molecule has 0 aliphatic rings. The second-order valence-electron chi connectivity index (χ2n) is 5.87. The van der Waals surface area contributed by atoms with Crippen molar-refractivity contribution in [1.82, 2.24) is 5.32 Å². The monoisotopic (exact) mass is 262 g/mol. The van der Waals surface area contributed by atoms with Gasteiger partial charge in [0.15, 0.2) is 0 Å². The van der Waals surface area contributed by atoms with E-state index in [-0.39, 0.29) is 5.91 Å². The van der Waals surface area contributed by atoms with E-state index >= 15 is 0 Å². The number of nitrogens with one attached hydrogen (secondary N) is 1. The maximum atomic E-state index is 11.9. The van der Waals surface area contributed by atoms with Crippen LogP contribution in [-0.2, 0) is 11.2 Å². The smallest absolute Gasteiger partial charge is 0.224 e. The molecular weight excluding hydrogens is 236 g/mol. The minimum atomic E-state index is 0.0797. The van der Waals surface area contributed by atoms with E-state index in [2.05, 4.69) is 33.0 Å². The van der Waals surface area contributed by atoms with Gasteiger partial charge in [0.2, 0.25) is 5.91 Å². The van der Waals surface area contributed by atoms with Crippen LogP contribution in [0.25, 0.3) is 0 Å². The Labute approximate surface area is 116 Å². The molecule has 1 rings (SSSR count). The topological polar surface area (TPSA) is 55.1 Å². The highest BCUT2D eigenvalue weighted by molar-refractivity contribution is 5.78. The van der Waals surface area contributed by atoms with E-state index in [4.69, 9.17) is 5.73 Å². The van der Waals surface area contributed by atoms with Crippen LogP contribution in [0.15, 0.2) is 24.3 Å². The van der Waals surface area contributed by atoms with E-state index in [0.29, 0.717) is 24.2 Å². The third-order valence-electron chi connectivity index (χ3n) is 3.59. The van der Waals surface area contributed by atoms with Crippen LogP contribution in [0, 0.1) is 17.8 Å². The molecule has 106 valence electrons. The highest BCUT2D eigenvalue weighted by Crippen LogP contribution is 2.19. The number of nitrogens with two attached hydrogens (primary N) is 1. The maximum Gasteiger partial charge on any atom is 0.224 e. The van der Waals surface area contributed by atoms with Crippen molar-refractivity contribution in [1.29, 1.82) is 0 Å². The average molecular weight is 262 g/mol. The minimum absolute atomic E-state index is 0.0797. The van der Waals surface area contributed by atoms with Gasteiger partial charge in [0, 0.05) is 12.2 Å². The molecule has 0 unspecified atom stereocenters. The van der Waals surface area contributed by atoms with Crippen molar-refractivity contribution in [2.75, 3.05) is 12.3 Å². The Hall–Kier alpha value is -1.51. The lowest BCUT2D eigenvalue weighted by molar-refractivity contribution is -0.120. The first-order valence-electron chi connectivity index (χ1n) is 7.01. The summed E-state index contributed by atoms with van der Waals surface area (Å²) in [5.41, 5.74) is 7.35. The summed E-state index contributed by atoms with van der Waals surface area (Å²) < 4.78 is 0. The zero-order valence-corrected chi connectivity index (χ0v) is 12.4. The third kappa shape index (κ3) is 5.33. The highest BCUT2D eigenvalue weighted by atomic mass is 16.1. The fourth-order valence-electron chi connectivity index (χ4n) is 2.36. The van der Waals surface area contributed by atoms with Crippen LogP contribution < -0.4 is 11.1 Å². The second-order valence-corrected chi connectivity index (χ2v) is 5.87. The van der Waals surface area contributed by atoms with E-state index in [0.717, 1.165) is 17.8 Å². The molecule has 1 amide bonds. The number of hydrogen-bond donors (Lipinski definition) is 2. The Morgan fingerprint density at radius 2 is 1.63 bits per heavy atom. The molecule has 0 heterocycles. The number of rotatable bonds is 6. The Balaban J connectivity index is 2.45. The molecule has 0 bridgehead atoms. The van der Waals surface area contributed by atoms with Gasteiger partial charge in [-0.15, -0.1) is 0 Å². The summed E-state index contributed by atoms with van der Waals surface area (Å²) in [7, 11) is 0. The SMILES string of the molecule is CC(C)C(CNC(=O)Cc1ccc(N)cc1)C(C)C. The summed E-state index contributed by atoms with van der Waals surface area (Å²) in [5.74, 6) is 1.76. The van der Waals surface area contributed by atoms with Gasteiger partial charge in [-0.2, -0.15) is 0 Å². The van der Waals surface area contributed by atoms with E-state index in [1.165, 1.54) is 0 Å². The van der Waals surface area contributed by atoms with Crippen LogP contribution in [-0.4, -0.2) is 12.5 Å². The van der Waals surface area contributed by atoms with Gasteiger partial charge in [-0.25, -0.2) is 0 Å². The lowest BCUT2D eigenvalue weighted by Gasteiger charge is -2.25. The molecule has 0 saturated carbocycles. The van der Waals surface area contributed by atoms with Gasteiger partial charge in [-0.1, -0.05) is 39.8 Å². The van der Waals surface area contributed by atoms with E-state index in [1.54, 1.807) is 0 Å². The number of carbonyl (C=O) groups is 1. The van der Waals surface area contributed by atoms with Crippen molar-refractivity contribution in [2.45, 2.75) is 34.1 Å². The summed E-state index contributed by atoms with van der Waals surface area (Å²) in [6.07, 6.45) is 0.420. The largest absolute Gasteiger partial charge is 0.399 e. The predicted octanol–water partition coefficient (Wildman–Crippen LogP) is 2.86. The molecule has 3 heteroatoms. The molecule has 0 fully saturated rings. The van der Waals surface area contributed by atoms with Gasteiger partial charge >= 0.3 is 0 Å². The molecule has 1 aromatic rings. The Kier molecular flexibility index (Phi) is 5.87. The summed E-state index contributed by atoms with van der Waals surface area (Å²) >= 11 is 0. The lowest BCUT2D eigenvalue weighted by Crippen LogP contribution is -2.34. The summed E-state index contributed by atoms with van der Waals surface area (Å²) in [6, 6.07) is 7.45. The zero-order valence-electron chi connectivity index (χ0n) is 12.4. The van der Waals surface area contributed by atoms with Crippen LogP contribution in [0.4, 0.5) is 5.69 Å². The lowest BCUT2D eigenvalue weighted by atomic mass is 9.85. The minimum Gasteiger partial charge on any atom is -0.399 e. The highest BCUT2D eigenvalue weighted by Gasteiger charge is 2.18. The first kappa shape index (κ1) is 15.5. The summed E-state index contributed by atoms with van der Waals surface area (Å²) in [6.45, 7) is 9.57. The fourth-order valence-corrected chi connectivity index (χ4v) is 2.36. The first-order chi connectivity index (χ1) is 8.90. The normalized spacial score (nSPS) is 11.3. The molecule has 0 radical (unpaired) electrons. The molecule has 0 atom stereocenters. The molecule has 19 heavy (non-hydrogen) atoms. The van der Waals surface area contributed by atoms with Gasteiger partial charge in [0.1, 0.15) is 0 Å². The zero-order chi connectivity index (χ0) is 14.4. The molecule has 0 saturated heterocycles. The number of amides is 1. The quantitative estimate of drug-likeness (QED) is 0.775. The van der Waals surface area contributed by atoms with Gasteiger partial charge in [0.05, 0.1) is 6.42 Å². The second kappa shape index (κ2) is 7.17. The summed E-state index contributed by atoms with van der Waals surface area (Å²) in [5, 5.41) is 3.04. The van der Waals surface area contributed by atoms with Crippen molar-refractivity contribution in [3.8, 4) is 0 Å². The van der Waals surface area contributed by atoms with Crippen LogP contribution in [0.1, 0.15) is 33.3 Å². The average Bonchev–Trinajstić information content (AvgIpc) is 2.31. The maximum absolute atomic E-state index is 11.9. The molecule has 0 aliphatic carbocycles. The predicted molar refractivity (Wildman–Crippen MR) is 80.7 cm³/mol. The molecule has 1 aromatic carbocycles. The van der Waals surface area contributed by atoms with E-state index in [9.17, 15) is 4.79 Å². The van der Waals surface area contributed by atoms with Crippen LogP contribution in [0.2, 0.25) is 0 Å². The number of nitrogen functional groups attached to an aromatic ring is 1. The number of anilines is 1. The van der Waals surface area contributed by atoms with Gasteiger partial charge in [0.25, 0.3) is 0 Å². The van der Waals surface area contributed by atoms with Crippen molar-refractivity contribution < 1.29 is 4.79 Å². The van der Waals surface area contributed by atoms with Gasteiger partial charge in [-0.3, -0.25) is 4.79 Å². The van der Waals surface area contributed by atoms with Crippen LogP contribution in [0.5, 0.6) is 0 Å². The van der Waals surface area contributed by atoms with Gasteiger partial charge < -0.3 is 11.1 Å². The van der Waals surface area contributed by atoms with Gasteiger partial charge in [-0.05, 0) is 35.4 Å². The molecule has 3 nitrogen and oxygen atoms in total. The Bertz CT molecular complexity index is 388. The third-order valence-corrected chi connectivity index (χ3v) is 3.59. The Morgan fingerprint density at radius 1 is 1.11 bits per heavy atom. The molecule has 0 aromatic heterocycles. The van der Waals surface area contributed by atoms with E-state index in [1.807, 2.05) is 24.3 Å². The number of carbonyl (C=O) groups excluding carboxylic acids is 1. The molecule has 0 spiro atoms. The van der Waals surface area contributed by atoms with Crippen LogP contribution >= 0.6 is 0 Å². The van der Waals surface area contributed by atoms with Crippen molar-refractivity contribution in [3.05, 3.63) is 29.8 Å². The summed E-state index contributed by atoms with van der Waals surface area (Å²) in [4.78, 5) is 11.9. The standard InChI is InChI=1S/C16H26N2O/c1-11(2)15(12(3)4)10-18-16(19)9-13-5-7-14(17)8-6-13/h5-8,11-12,15H,9-10,17H2,1-4H3,(H,18,19).